The predicted molar refractivity (Wildman–Crippen MR) is 163 cm³/mol. The van der Waals surface area contributed by atoms with Gasteiger partial charge in [-0.2, -0.15) is 0 Å². The van der Waals surface area contributed by atoms with Gasteiger partial charge in [-0.25, -0.2) is 14.8 Å². The maximum absolute atomic E-state index is 13.8. The molecule has 1 aliphatic heterocycles. The summed E-state index contributed by atoms with van der Waals surface area (Å²) in [5, 5.41) is 11.8. The molecule has 1 fully saturated rings. The van der Waals surface area contributed by atoms with E-state index in [2.05, 4.69) is 16.5 Å². The van der Waals surface area contributed by atoms with E-state index in [4.69, 9.17) is 18.9 Å². The molecule has 1 unspecified atom stereocenters. The minimum absolute atomic E-state index is 0.0146. The second-order valence-corrected chi connectivity index (χ2v) is 10.8. The van der Waals surface area contributed by atoms with E-state index in [-0.39, 0.29) is 39.4 Å². The van der Waals surface area contributed by atoms with E-state index in [0.717, 1.165) is 21.8 Å². The molecule has 0 saturated carbocycles. The zero-order chi connectivity index (χ0) is 31.9. The van der Waals surface area contributed by atoms with Crippen molar-refractivity contribution in [1.82, 2.24) is 14.4 Å². The number of carbonyl (C=O) groups is 3. The highest BCUT2D eigenvalue weighted by Crippen LogP contribution is 2.48. The van der Waals surface area contributed by atoms with Gasteiger partial charge in [0.1, 0.15) is 22.8 Å². The first kappa shape index (κ1) is 30.3. The highest BCUT2D eigenvalue weighted by Gasteiger charge is 2.49. The fraction of sp³-hybridized carbons (Fsp3) is 0.258. The van der Waals surface area contributed by atoms with Crippen LogP contribution < -0.4 is 19.1 Å². The van der Waals surface area contributed by atoms with Gasteiger partial charge in [-0.05, 0) is 50.1 Å². The lowest BCUT2D eigenvalue weighted by Gasteiger charge is -2.24. The van der Waals surface area contributed by atoms with Gasteiger partial charge in [0.05, 0.1) is 44.3 Å². The number of methoxy groups -OCH3 is 3. The van der Waals surface area contributed by atoms with Crippen molar-refractivity contribution in [2.75, 3.05) is 32.8 Å². The van der Waals surface area contributed by atoms with E-state index in [1.807, 2.05) is 19.1 Å². The maximum atomic E-state index is 13.8. The Bertz CT molecular complexity index is 1850. The number of benzene rings is 1. The molecule has 12 nitrogen and oxygen atoms in total. The van der Waals surface area contributed by atoms with E-state index in [1.165, 1.54) is 27.4 Å². The van der Waals surface area contributed by atoms with E-state index < -0.39 is 29.5 Å². The van der Waals surface area contributed by atoms with Crippen LogP contribution in [0.2, 0.25) is 0 Å². The van der Waals surface area contributed by atoms with Crippen molar-refractivity contribution in [1.29, 1.82) is 0 Å². The lowest BCUT2D eigenvalue weighted by atomic mass is 9.95. The molecule has 228 valence electrons. The molecule has 1 saturated heterocycles. The molecule has 1 aliphatic rings. The highest BCUT2D eigenvalue weighted by molar-refractivity contribution is 7.17. The number of aromatic nitrogens is 3. The first-order valence-electron chi connectivity index (χ1n) is 13.4. The van der Waals surface area contributed by atoms with Crippen molar-refractivity contribution >= 4 is 45.5 Å². The summed E-state index contributed by atoms with van der Waals surface area (Å²) in [5.41, 5.74) is 2.57. The Hall–Kier alpha value is -5.17. The molecule has 4 aromatic rings. The summed E-state index contributed by atoms with van der Waals surface area (Å²) < 4.78 is 23.5. The van der Waals surface area contributed by atoms with Crippen LogP contribution in [0.5, 0.6) is 17.2 Å². The number of carbonyl (C=O) groups excluding carboxylic acids is 3. The Kier molecular flexibility index (Phi) is 8.15. The van der Waals surface area contributed by atoms with Crippen LogP contribution in [0.25, 0.3) is 11.4 Å². The number of fused-ring (bicyclic) bond motifs is 1. The number of amides is 1. The van der Waals surface area contributed by atoms with Crippen molar-refractivity contribution in [2.24, 2.45) is 0 Å². The SMILES string of the molecule is C=CCOC(=O)c1sc(N2C(=O)C(=O)C(=C(O)c3nc4c(C)cccn4c3C)C2c2cc(OC)c(OC)c(OC)c2)nc1C. The number of nitrogens with zero attached hydrogens (tertiary/aromatic N) is 4. The van der Waals surface area contributed by atoms with Crippen LogP contribution in [0.3, 0.4) is 0 Å². The Balaban J connectivity index is 1.78. The van der Waals surface area contributed by atoms with Crippen molar-refractivity contribution < 1.29 is 38.4 Å². The molecule has 0 spiro atoms. The molecule has 5 rings (SSSR count). The van der Waals surface area contributed by atoms with E-state index in [9.17, 15) is 19.5 Å². The first-order valence-corrected chi connectivity index (χ1v) is 14.2. The van der Waals surface area contributed by atoms with Crippen LogP contribution >= 0.6 is 11.3 Å². The molecule has 3 aromatic heterocycles. The number of hydrogen-bond donors (Lipinski definition) is 1. The number of ether oxygens (including phenoxy) is 4. The standard InChI is InChI=1S/C31H30N4O8S/c1-8-12-43-30(39)27-16(3)32-31(44-27)35-23(18-13-19(40-5)26(42-7)20(14-18)41-6)21(25(37)29(35)38)24(36)22-17(4)34-11-9-10-15(2)28(34)33-22/h8-11,13-14,23,36H,1,12H2,2-7H3. The highest BCUT2D eigenvalue weighted by atomic mass is 32.1. The zero-order valence-corrected chi connectivity index (χ0v) is 25.8. The third-order valence-electron chi connectivity index (χ3n) is 7.26. The minimum Gasteiger partial charge on any atom is -0.505 e. The van der Waals surface area contributed by atoms with E-state index >= 15 is 0 Å². The Morgan fingerprint density at radius 1 is 1.09 bits per heavy atom. The van der Waals surface area contributed by atoms with Crippen LogP contribution in [0.15, 0.2) is 48.7 Å². The summed E-state index contributed by atoms with van der Waals surface area (Å²) in [4.78, 5) is 50.7. The molecular weight excluding hydrogens is 588 g/mol. The fourth-order valence-electron chi connectivity index (χ4n) is 5.15. The summed E-state index contributed by atoms with van der Waals surface area (Å²) in [6.07, 6.45) is 3.23. The monoisotopic (exact) mass is 618 g/mol. The Morgan fingerprint density at radius 3 is 2.36 bits per heavy atom. The second-order valence-electron chi connectivity index (χ2n) is 9.86. The summed E-state index contributed by atoms with van der Waals surface area (Å²) in [6.45, 7) is 8.76. The third-order valence-corrected chi connectivity index (χ3v) is 8.40. The largest absolute Gasteiger partial charge is 0.505 e. The molecule has 1 atom stereocenters. The molecule has 0 radical (unpaired) electrons. The third kappa shape index (κ3) is 4.84. The number of pyridine rings is 1. The van der Waals surface area contributed by atoms with Gasteiger partial charge in [0, 0.05) is 6.20 Å². The van der Waals surface area contributed by atoms with Gasteiger partial charge >= 0.3 is 11.9 Å². The Labute approximate surface area is 256 Å². The van der Waals surface area contributed by atoms with E-state index in [0.29, 0.717) is 28.3 Å². The van der Waals surface area contributed by atoms with E-state index in [1.54, 1.807) is 36.6 Å². The number of anilines is 1. The second kappa shape index (κ2) is 11.8. The van der Waals surface area contributed by atoms with Crippen molar-refractivity contribution in [3.8, 4) is 17.2 Å². The fourth-order valence-corrected chi connectivity index (χ4v) is 6.14. The molecule has 1 aromatic carbocycles. The normalized spacial score (nSPS) is 16.0. The van der Waals surface area contributed by atoms with Crippen LogP contribution in [0.1, 0.15) is 43.9 Å². The van der Waals surface area contributed by atoms with Crippen molar-refractivity contribution in [2.45, 2.75) is 26.8 Å². The molecule has 0 aliphatic carbocycles. The Morgan fingerprint density at radius 2 is 1.77 bits per heavy atom. The number of rotatable bonds is 9. The summed E-state index contributed by atoms with van der Waals surface area (Å²) in [7, 11) is 4.32. The van der Waals surface area contributed by atoms with Crippen molar-refractivity contribution in [3.05, 3.63) is 81.8 Å². The molecule has 13 heteroatoms. The molecular formula is C31H30N4O8S. The van der Waals surface area contributed by atoms with Gasteiger partial charge in [0.25, 0.3) is 5.78 Å². The average Bonchev–Trinajstić information content (AvgIpc) is 3.66. The predicted octanol–water partition coefficient (Wildman–Crippen LogP) is 4.71. The topological polar surface area (TPSA) is 142 Å². The van der Waals surface area contributed by atoms with Gasteiger partial charge in [-0.3, -0.25) is 14.5 Å². The molecule has 1 N–H and O–H groups in total. The van der Waals surface area contributed by atoms with Gasteiger partial charge in [0.15, 0.2) is 22.4 Å². The quantitative estimate of drug-likeness (QED) is 0.0921. The molecule has 4 heterocycles. The van der Waals surface area contributed by atoms with Crippen LogP contribution in [-0.4, -0.2) is 65.1 Å². The number of Topliss-reactive ketones (excluding diaryl/α,β-unsaturated/α-hetero) is 1. The number of aliphatic hydroxyl groups excluding tert-OH is 1. The summed E-state index contributed by atoms with van der Waals surface area (Å²) >= 11 is 0.887. The van der Waals surface area contributed by atoms with Crippen LogP contribution in [-0.2, 0) is 14.3 Å². The number of imidazole rings is 1. The smallest absolute Gasteiger partial charge is 0.350 e. The number of hydrogen-bond acceptors (Lipinski definition) is 11. The number of aryl methyl sites for hydroxylation is 3. The number of ketones is 1. The average molecular weight is 619 g/mol. The first-order chi connectivity index (χ1) is 21.1. The molecule has 0 bridgehead atoms. The summed E-state index contributed by atoms with van der Waals surface area (Å²) in [5.74, 6) is -2.22. The van der Waals surface area contributed by atoms with Gasteiger partial charge in [-0.15, -0.1) is 0 Å². The van der Waals surface area contributed by atoms with Crippen LogP contribution in [0, 0.1) is 20.8 Å². The van der Waals surface area contributed by atoms with Gasteiger partial charge in [0.2, 0.25) is 5.75 Å². The van der Waals surface area contributed by atoms with Gasteiger partial charge < -0.3 is 28.5 Å². The lowest BCUT2D eigenvalue weighted by Crippen LogP contribution is -2.29. The molecule has 1 amide bonds. The van der Waals surface area contributed by atoms with Crippen LogP contribution in [0.4, 0.5) is 5.13 Å². The van der Waals surface area contributed by atoms with Gasteiger partial charge in [-0.1, -0.05) is 30.1 Å². The number of esters is 1. The maximum Gasteiger partial charge on any atom is 0.350 e. The molecule has 44 heavy (non-hydrogen) atoms. The zero-order valence-electron chi connectivity index (χ0n) is 25.0. The van der Waals surface area contributed by atoms with Crippen molar-refractivity contribution in [3.63, 3.8) is 0 Å². The lowest BCUT2D eigenvalue weighted by molar-refractivity contribution is -0.132. The number of aliphatic hydroxyl groups is 1. The summed E-state index contributed by atoms with van der Waals surface area (Å²) in [6, 6.07) is 5.68. The number of thiazole rings is 1. The minimum atomic E-state index is -1.21.